The van der Waals surface area contributed by atoms with Crippen molar-refractivity contribution in [2.24, 2.45) is 5.84 Å². The van der Waals surface area contributed by atoms with Gasteiger partial charge in [0.1, 0.15) is 0 Å². The summed E-state index contributed by atoms with van der Waals surface area (Å²) >= 11 is 7.33. The molecule has 0 spiro atoms. The Kier molecular flexibility index (Phi) is 3.93. The first-order chi connectivity index (χ1) is 6.72. The number of carbonyl (C=O) groups is 1. The molecule has 1 aromatic heterocycles. The van der Waals surface area contributed by atoms with Crippen molar-refractivity contribution < 1.29 is 4.79 Å². The molecule has 0 saturated heterocycles. The van der Waals surface area contributed by atoms with Crippen LogP contribution in [0.3, 0.4) is 0 Å². The molecule has 0 atom stereocenters. The van der Waals surface area contributed by atoms with Crippen LogP contribution in [0.2, 0.25) is 5.02 Å². The first-order valence-corrected chi connectivity index (χ1v) is 5.11. The number of benzene rings is 1. The fourth-order valence-corrected chi connectivity index (χ4v) is 2.48. The Hall–Kier alpha value is -0.810. The molecular formula is C9H8Cl2N2OS. The summed E-state index contributed by atoms with van der Waals surface area (Å²) in [6.07, 6.45) is 0. The van der Waals surface area contributed by atoms with Gasteiger partial charge in [0, 0.05) is 15.1 Å². The molecular weight excluding hydrogens is 255 g/mol. The summed E-state index contributed by atoms with van der Waals surface area (Å²) < 4.78 is 0.983. The molecule has 0 bridgehead atoms. The number of carbonyl (C=O) groups excluding carboxylic acids is 1. The van der Waals surface area contributed by atoms with Gasteiger partial charge in [0.05, 0.1) is 4.88 Å². The van der Waals surface area contributed by atoms with Gasteiger partial charge in [-0.3, -0.25) is 10.2 Å². The molecule has 3 nitrogen and oxygen atoms in total. The Labute approximate surface area is 102 Å². The van der Waals surface area contributed by atoms with Crippen molar-refractivity contribution >= 4 is 51.3 Å². The zero-order chi connectivity index (χ0) is 10.1. The zero-order valence-electron chi connectivity index (χ0n) is 7.49. The van der Waals surface area contributed by atoms with Gasteiger partial charge >= 0.3 is 0 Å². The van der Waals surface area contributed by atoms with Gasteiger partial charge in [0.25, 0.3) is 5.91 Å². The van der Waals surface area contributed by atoms with Crippen LogP contribution in [-0.4, -0.2) is 5.91 Å². The number of hydrogen-bond donors (Lipinski definition) is 2. The molecule has 0 radical (unpaired) electrons. The van der Waals surface area contributed by atoms with E-state index < -0.39 is 0 Å². The summed E-state index contributed by atoms with van der Waals surface area (Å²) in [5.41, 5.74) is 2.09. The van der Waals surface area contributed by atoms with Gasteiger partial charge in [-0.15, -0.1) is 23.7 Å². The largest absolute Gasteiger partial charge is 0.289 e. The molecule has 2 rings (SSSR count). The molecule has 0 aliphatic carbocycles. The number of fused-ring (bicyclic) bond motifs is 1. The number of halogens is 2. The van der Waals surface area contributed by atoms with Gasteiger partial charge in [-0.25, -0.2) is 5.84 Å². The molecule has 15 heavy (non-hydrogen) atoms. The van der Waals surface area contributed by atoms with E-state index >= 15 is 0 Å². The van der Waals surface area contributed by atoms with E-state index in [1.54, 1.807) is 12.1 Å². The summed E-state index contributed by atoms with van der Waals surface area (Å²) in [6, 6.07) is 7.30. The lowest BCUT2D eigenvalue weighted by Crippen LogP contribution is -2.29. The highest BCUT2D eigenvalue weighted by Gasteiger charge is 2.09. The van der Waals surface area contributed by atoms with Crippen LogP contribution >= 0.6 is 35.3 Å². The van der Waals surface area contributed by atoms with E-state index in [0.29, 0.717) is 9.90 Å². The van der Waals surface area contributed by atoms with Gasteiger partial charge in [0.15, 0.2) is 0 Å². The van der Waals surface area contributed by atoms with Crippen molar-refractivity contribution in [1.29, 1.82) is 0 Å². The molecule has 3 N–H and O–H groups in total. The van der Waals surface area contributed by atoms with E-state index in [2.05, 4.69) is 5.43 Å². The zero-order valence-corrected chi connectivity index (χ0v) is 9.88. The first kappa shape index (κ1) is 12.3. The molecule has 0 fully saturated rings. The summed E-state index contributed by atoms with van der Waals surface area (Å²) in [6.45, 7) is 0. The number of nitrogen functional groups attached to an aromatic ring is 1. The lowest BCUT2D eigenvalue weighted by atomic mass is 10.2. The summed E-state index contributed by atoms with van der Waals surface area (Å²) in [4.78, 5) is 11.8. The standard InChI is InChI=1S/C9H7ClN2OS.ClH/c10-6-2-1-3-7-5(6)4-8(14-7)9(13)12-11;/h1-4H,11H2,(H,12,13);1H. The van der Waals surface area contributed by atoms with E-state index in [4.69, 9.17) is 17.4 Å². The van der Waals surface area contributed by atoms with Gasteiger partial charge in [0.2, 0.25) is 0 Å². The maximum Gasteiger partial charge on any atom is 0.275 e. The third-order valence-corrected chi connectivity index (χ3v) is 3.29. The van der Waals surface area contributed by atoms with Gasteiger partial charge < -0.3 is 0 Å². The van der Waals surface area contributed by atoms with Crippen LogP contribution in [0.4, 0.5) is 0 Å². The highest BCUT2D eigenvalue weighted by atomic mass is 35.5. The number of nitrogens with one attached hydrogen (secondary N) is 1. The van der Waals surface area contributed by atoms with E-state index in [-0.39, 0.29) is 18.3 Å². The number of hydrazine groups is 1. The smallest absolute Gasteiger partial charge is 0.275 e. The van der Waals surface area contributed by atoms with Gasteiger partial charge in [-0.2, -0.15) is 0 Å². The molecule has 0 unspecified atom stereocenters. The van der Waals surface area contributed by atoms with Crippen LogP contribution < -0.4 is 11.3 Å². The number of hydrogen-bond acceptors (Lipinski definition) is 3. The van der Waals surface area contributed by atoms with Crippen molar-refractivity contribution in [3.8, 4) is 0 Å². The molecule has 0 aliphatic rings. The molecule has 6 heteroatoms. The fraction of sp³-hybridized carbons (Fsp3) is 0. The van der Waals surface area contributed by atoms with Crippen LogP contribution in [0.1, 0.15) is 9.67 Å². The maximum absolute atomic E-state index is 11.2. The second kappa shape index (κ2) is 4.81. The monoisotopic (exact) mass is 262 g/mol. The number of rotatable bonds is 1. The number of nitrogens with two attached hydrogens (primary N) is 1. The lowest BCUT2D eigenvalue weighted by molar-refractivity contribution is 0.0958. The normalized spacial score (nSPS) is 9.73. The molecule has 2 aromatic rings. The van der Waals surface area contributed by atoms with Crippen molar-refractivity contribution in [2.45, 2.75) is 0 Å². The summed E-state index contributed by atoms with van der Waals surface area (Å²) in [5.74, 6) is 4.75. The topological polar surface area (TPSA) is 55.1 Å². The first-order valence-electron chi connectivity index (χ1n) is 3.91. The molecule has 0 saturated carbocycles. The molecule has 1 heterocycles. The molecule has 1 amide bonds. The predicted molar refractivity (Wildman–Crippen MR) is 65.7 cm³/mol. The summed E-state index contributed by atoms with van der Waals surface area (Å²) in [5, 5.41) is 1.53. The minimum atomic E-state index is -0.290. The number of amides is 1. The second-order valence-corrected chi connectivity index (χ2v) is 4.23. The van der Waals surface area contributed by atoms with Crippen LogP contribution in [0, 0.1) is 0 Å². The maximum atomic E-state index is 11.2. The molecule has 80 valence electrons. The second-order valence-electron chi connectivity index (χ2n) is 2.74. The van der Waals surface area contributed by atoms with Crippen LogP contribution in [0.25, 0.3) is 10.1 Å². The Bertz CT molecular complexity index is 498. The molecule has 1 aromatic carbocycles. The summed E-state index contributed by atoms with van der Waals surface area (Å²) in [7, 11) is 0. The third kappa shape index (κ3) is 2.23. The van der Waals surface area contributed by atoms with Gasteiger partial charge in [-0.1, -0.05) is 17.7 Å². The predicted octanol–water partition coefficient (Wildman–Crippen LogP) is 2.58. The van der Waals surface area contributed by atoms with Gasteiger partial charge in [-0.05, 0) is 18.2 Å². The Balaban J connectivity index is 0.00000112. The van der Waals surface area contributed by atoms with E-state index in [1.807, 2.05) is 12.1 Å². The minimum absolute atomic E-state index is 0. The van der Waals surface area contributed by atoms with Crippen LogP contribution in [-0.2, 0) is 0 Å². The quantitative estimate of drug-likeness (QED) is 0.472. The average Bonchev–Trinajstić information content (AvgIpc) is 2.62. The van der Waals surface area contributed by atoms with E-state index in [1.165, 1.54) is 11.3 Å². The van der Waals surface area contributed by atoms with Crippen molar-refractivity contribution in [1.82, 2.24) is 5.43 Å². The fourth-order valence-electron chi connectivity index (χ4n) is 1.21. The van der Waals surface area contributed by atoms with Crippen molar-refractivity contribution in [3.05, 3.63) is 34.2 Å². The van der Waals surface area contributed by atoms with Crippen molar-refractivity contribution in [2.75, 3.05) is 0 Å². The van der Waals surface area contributed by atoms with Crippen LogP contribution in [0.5, 0.6) is 0 Å². The minimum Gasteiger partial charge on any atom is -0.289 e. The van der Waals surface area contributed by atoms with E-state index in [0.717, 1.165) is 10.1 Å². The highest BCUT2D eigenvalue weighted by molar-refractivity contribution is 7.20. The SMILES string of the molecule is Cl.NNC(=O)c1cc2c(Cl)cccc2s1. The lowest BCUT2D eigenvalue weighted by Gasteiger charge is -1.91. The Morgan fingerprint density at radius 2 is 2.20 bits per heavy atom. The van der Waals surface area contributed by atoms with Crippen molar-refractivity contribution in [3.63, 3.8) is 0 Å². The highest BCUT2D eigenvalue weighted by Crippen LogP contribution is 2.30. The Morgan fingerprint density at radius 3 is 2.80 bits per heavy atom. The third-order valence-electron chi connectivity index (χ3n) is 1.86. The van der Waals surface area contributed by atoms with E-state index in [9.17, 15) is 4.79 Å². The molecule has 0 aliphatic heterocycles. The average molecular weight is 263 g/mol. The number of thiophene rings is 1. The Morgan fingerprint density at radius 1 is 1.47 bits per heavy atom. The van der Waals surface area contributed by atoms with Crippen LogP contribution in [0.15, 0.2) is 24.3 Å².